The molecular formula is C50H77O11P. The van der Waals surface area contributed by atoms with E-state index >= 15 is 0 Å². The van der Waals surface area contributed by atoms with Gasteiger partial charge in [-0.2, -0.15) is 0 Å². The van der Waals surface area contributed by atoms with Gasteiger partial charge in [-0.15, -0.1) is 0 Å². The first kappa shape index (κ1) is 58.1. The number of carbonyl (C=O) groups is 2. The smallest absolute Gasteiger partial charge is 0.462 e. The maximum atomic E-state index is 12.6. The third kappa shape index (κ3) is 42.7. The van der Waals surface area contributed by atoms with Crippen LogP contribution in [-0.2, 0) is 32.7 Å². The Morgan fingerprint density at radius 3 is 1.60 bits per heavy atom. The lowest BCUT2D eigenvalue weighted by Gasteiger charge is -2.20. The number of aliphatic hydroxyl groups is 3. The molecule has 0 heterocycles. The molecule has 0 aromatic carbocycles. The van der Waals surface area contributed by atoms with E-state index in [-0.39, 0.29) is 12.8 Å². The van der Waals surface area contributed by atoms with Gasteiger partial charge in [0, 0.05) is 12.8 Å². The molecule has 11 nitrogen and oxygen atoms in total. The van der Waals surface area contributed by atoms with Crippen molar-refractivity contribution in [2.45, 2.75) is 141 Å². The summed E-state index contributed by atoms with van der Waals surface area (Å²) in [5, 5.41) is 28.6. The molecule has 0 rings (SSSR count). The van der Waals surface area contributed by atoms with Crippen LogP contribution in [0.1, 0.15) is 123 Å². The Morgan fingerprint density at radius 1 is 0.548 bits per heavy atom. The summed E-state index contributed by atoms with van der Waals surface area (Å²) < 4.78 is 32.6. The minimum Gasteiger partial charge on any atom is -0.462 e. The maximum Gasteiger partial charge on any atom is 0.472 e. The van der Waals surface area contributed by atoms with E-state index in [9.17, 15) is 29.3 Å². The molecule has 12 heteroatoms. The highest BCUT2D eigenvalue weighted by atomic mass is 31.2. The van der Waals surface area contributed by atoms with Gasteiger partial charge in [-0.3, -0.25) is 18.6 Å². The van der Waals surface area contributed by atoms with E-state index in [1.807, 2.05) is 12.2 Å². The Balaban J connectivity index is 4.59. The number of aliphatic hydroxyl groups excluding tert-OH is 3. The highest BCUT2D eigenvalue weighted by Crippen LogP contribution is 2.43. The predicted molar refractivity (Wildman–Crippen MR) is 252 cm³/mol. The first-order chi connectivity index (χ1) is 30.1. The van der Waals surface area contributed by atoms with Crippen molar-refractivity contribution in [3.05, 3.63) is 134 Å². The molecule has 0 aromatic heterocycles. The number of phosphoric ester groups is 1. The van der Waals surface area contributed by atoms with Gasteiger partial charge >= 0.3 is 19.8 Å². The number of carbonyl (C=O) groups excluding carboxylic acids is 2. The van der Waals surface area contributed by atoms with E-state index in [1.54, 1.807) is 24.3 Å². The molecule has 0 bridgehead atoms. The average Bonchev–Trinajstić information content (AvgIpc) is 3.26. The standard InChI is InChI=1S/C50H77O11P/c1-3-5-7-9-11-13-15-17-18-19-20-21-22-24-26-28-30-32-36-40-49(54)58-44-48(45-60-62(56,57)59-43-47(53)42-51)61-50(55)41-37-33-35-39-46(52)38-34-31-29-27-25-23-16-14-12-10-8-6-4-2/h5-8,11-14,17-18,20-21,23-26,29,31,33-35,38,46-48,51-53H,3-4,9-10,15-16,19,22,27-28,30,32,36-37,39-45H2,1-2H3,(H,56,57)/b7-5-,8-6-,13-11-,14-12-,18-17-,21-20-,25-23-,26-24-,31-29-,35-33-,38-34-/t46?,47-,48+/m0/s1. The van der Waals surface area contributed by atoms with Crippen LogP contribution >= 0.6 is 7.82 Å². The third-order valence-electron chi connectivity index (χ3n) is 8.39. The van der Waals surface area contributed by atoms with Crippen LogP contribution in [0, 0.1) is 0 Å². The lowest BCUT2D eigenvalue weighted by molar-refractivity contribution is -0.161. The molecule has 0 spiro atoms. The summed E-state index contributed by atoms with van der Waals surface area (Å²) in [6.45, 7) is 1.87. The normalized spacial score (nSPS) is 15.5. The minimum absolute atomic E-state index is 0.0390. The van der Waals surface area contributed by atoms with Crippen molar-refractivity contribution in [3.8, 4) is 0 Å². The zero-order chi connectivity index (χ0) is 45.6. The molecule has 0 amide bonds. The first-order valence-electron chi connectivity index (χ1n) is 22.3. The van der Waals surface area contributed by atoms with Crippen molar-refractivity contribution < 1.29 is 52.9 Å². The number of ether oxygens (including phenoxy) is 2. The van der Waals surface area contributed by atoms with Gasteiger partial charge in [-0.05, 0) is 89.9 Å². The second-order valence-electron chi connectivity index (χ2n) is 14.2. The molecule has 0 saturated carbocycles. The second-order valence-corrected chi connectivity index (χ2v) is 15.6. The molecule has 0 fully saturated rings. The molecular weight excluding hydrogens is 808 g/mol. The van der Waals surface area contributed by atoms with Crippen LogP contribution in [0.2, 0.25) is 0 Å². The average molecular weight is 885 g/mol. The second kappa shape index (κ2) is 43.7. The molecule has 0 aromatic rings. The van der Waals surface area contributed by atoms with Crippen molar-refractivity contribution in [3.63, 3.8) is 0 Å². The SMILES string of the molecule is CC/C=C\C/C=C\C/C=C\C/C=C\C=C/C(O)C/C=C\CCC(=O)O[C@H](COC(=O)CCCCC/C=C\C/C=C\C/C=C\C/C=C\C/C=C\CC)COP(=O)(O)OC[C@@H](O)CO. The monoisotopic (exact) mass is 885 g/mol. The van der Waals surface area contributed by atoms with Crippen LogP contribution in [0.5, 0.6) is 0 Å². The third-order valence-corrected chi connectivity index (χ3v) is 9.34. The quantitative estimate of drug-likeness (QED) is 0.0152. The van der Waals surface area contributed by atoms with Gasteiger partial charge in [0.25, 0.3) is 0 Å². The zero-order valence-electron chi connectivity index (χ0n) is 37.4. The number of allylic oxidation sites excluding steroid dienone is 20. The molecule has 0 aliphatic carbocycles. The fourth-order valence-electron chi connectivity index (χ4n) is 5.01. The van der Waals surface area contributed by atoms with Gasteiger partial charge in [0.1, 0.15) is 12.7 Å². The van der Waals surface area contributed by atoms with Crippen LogP contribution in [-0.4, -0.2) is 76.9 Å². The number of esters is 2. The Kier molecular flexibility index (Phi) is 40.9. The fraction of sp³-hybridized carbons (Fsp3) is 0.520. The highest BCUT2D eigenvalue weighted by Gasteiger charge is 2.27. The van der Waals surface area contributed by atoms with Gasteiger partial charge in [0.05, 0.1) is 25.9 Å². The van der Waals surface area contributed by atoms with E-state index in [1.165, 1.54) is 0 Å². The lowest BCUT2D eigenvalue weighted by Crippen LogP contribution is -2.29. The van der Waals surface area contributed by atoms with Crippen LogP contribution in [0.25, 0.3) is 0 Å². The van der Waals surface area contributed by atoms with E-state index in [4.69, 9.17) is 19.1 Å². The number of hydrogen-bond acceptors (Lipinski definition) is 10. The molecule has 62 heavy (non-hydrogen) atoms. The van der Waals surface area contributed by atoms with Gasteiger partial charge in [0.15, 0.2) is 6.10 Å². The molecule has 4 atom stereocenters. The molecule has 4 N–H and O–H groups in total. The summed E-state index contributed by atoms with van der Waals surface area (Å²) in [5.41, 5.74) is 0. The van der Waals surface area contributed by atoms with E-state index in [0.717, 1.165) is 77.0 Å². The molecule has 0 saturated heterocycles. The van der Waals surface area contributed by atoms with Crippen LogP contribution in [0.4, 0.5) is 0 Å². The summed E-state index contributed by atoms with van der Waals surface area (Å²) >= 11 is 0. The van der Waals surface area contributed by atoms with Crippen LogP contribution < -0.4 is 0 Å². The van der Waals surface area contributed by atoms with E-state index in [0.29, 0.717) is 19.3 Å². The topological polar surface area (TPSA) is 169 Å². The van der Waals surface area contributed by atoms with Crippen LogP contribution in [0.3, 0.4) is 0 Å². The predicted octanol–water partition coefficient (Wildman–Crippen LogP) is 11.1. The molecule has 348 valence electrons. The van der Waals surface area contributed by atoms with Gasteiger partial charge in [0.2, 0.25) is 0 Å². The number of phosphoric acid groups is 1. The summed E-state index contributed by atoms with van der Waals surface area (Å²) in [7, 11) is -4.69. The molecule has 0 radical (unpaired) electrons. The summed E-state index contributed by atoms with van der Waals surface area (Å²) in [6, 6.07) is 0. The van der Waals surface area contributed by atoms with Crippen molar-refractivity contribution >= 4 is 19.8 Å². The first-order valence-corrected chi connectivity index (χ1v) is 23.7. The fourth-order valence-corrected chi connectivity index (χ4v) is 5.80. The number of rotatable bonds is 39. The molecule has 2 unspecified atom stereocenters. The van der Waals surface area contributed by atoms with Gasteiger partial charge in [-0.25, -0.2) is 4.57 Å². The Morgan fingerprint density at radius 2 is 1.05 bits per heavy atom. The van der Waals surface area contributed by atoms with E-state index in [2.05, 4.69) is 116 Å². The van der Waals surface area contributed by atoms with E-state index < -0.39 is 64.5 Å². The Hall–Kier alpha value is -3.93. The lowest BCUT2D eigenvalue weighted by atomic mass is 10.1. The molecule has 0 aliphatic rings. The van der Waals surface area contributed by atoms with Crippen LogP contribution in [0.15, 0.2) is 134 Å². The minimum atomic E-state index is -4.69. The molecule has 0 aliphatic heterocycles. The van der Waals surface area contributed by atoms with Gasteiger partial charge in [-0.1, -0.05) is 154 Å². The Labute approximate surface area is 373 Å². The zero-order valence-corrected chi connectivity index (χ0v) is 38.3. The number of hydrogen-bond donors (Lipinski definition) is 4. The largest absolute Gasteiger partial charge is 0.472 e. The Bertz CT molecular complexity index is 1500. The number of unbranched alkanes of at least 4 members (excludes halogenated alkanes) is 3. The van der Waals surface area contributed by atoms with Crippen molar-refractivity contribution in [1.82, 2.24) is 0 Å². The summed E-state index contributed by atoms with van der Waals surface area (Å²) in [4.78, 5) is 35.0. The van der Waals surface area contributed by atoms with Gasteiger partial charge < -0.3 is 29.7 Å². The van der Waals surface area contributed by atoms with Crippen molar-refractivity contribution in [1.29, 1.82) is 0 Å². The van der Waals surface area contributed by atoms with Crippen molar-refractivity contribution in [2.75, 3.05) is 26.4 Å². The summed E-state index contributed by atoms with van der Waals surface area (Å²) in [5.74, 6) is -1.16. The maximum absolute atomic E-state index is 12.6. The van der Waals surface area contributed by atoms with Crippen molar-refractivity contribution in [2.24, 2.45) is 0 Å². The summed E-state index contributed by atoms with van der Waals surface area (Å²) in [6.07, 6.45) is 54.5. The highest BCUT2D eigenvalue weighted by molar-refractivity contribution is 7.47.